The SMILES string of the molecule is CCNC(=O)NC1Nc2cc(-c3cnc(C(C)(C)O)nc3)c(F)c([C@H]3CCCO3)c2N1. The van der Waals surface area contributed by atoms with Crippen LogP contribution in [0.3, 0.4) is 0 Å². The molecule has 1 aromatic carbocycles. The normalized spacial score (nSPS) is 20.0. The monoisotopic (exact) mass is 430 g/mol. The van der Waals surface area contributed by atoms with E-state index in [0.717, 1.165) is 6.42 Å². The Bertz CT molecular complexity index is 971. The number of amides is 2. The first-order chi connectivity index (χ1) is 14.8. The molecule has 9 nitrogen and oxygen atoms in total. The van der Waals surface area contributed by atoms with Crippen LogP contribution in [0.4, 0.5) is 20.6 Å². The molecule has 0 saturated carbocycles. The van der Waals surface area contributed by atoms with Crippen LogP contribution < -0.4 is 21.3 Å². The van der Waals surface area contributed by atoms with Gasteiger partial charge >= 0.3 is 6.03 Å². The number of anilines is 2. The Hall–Kier alpha value is -2.98. The molecule has 3 heterocycles. The smallest absolute Gasteiger partial charge is 0.317 e. The molecule has 10 heteroatoms. The molecule has 2 aromatic rings. The van der Waals surface area contributed by atoms with Gasteiger partial charge in [0, 0.05) is 42.2 Å². The molecule has 2 aliphatic heterocycles. The summed E-state index contributed by atoms with van der Waals surface area (Å²) < 4.78 is 21.5. The van der Waals surface area contributed by atoms with E-state index in [2.05, 4.69) is 31.2 Å². The second-order valence-electron chi connectivity index (χ2n) is 8.16. The summed E-state index contributed by atoms with van der Waals surface area (Å²) in [6, 6.07) is 1.33. The average Bonchev–Trinajstić information content (AvgIpc) is 3.37. The van der Waals surface area contributed by atoms with E-state index in [9.17, 15) is 9.90 Å². The summed E-state index contributed by atoms with van der Waals surface area (Å²) in [4.78, 5) is 20.3. The number of hydrogen-bond donors (Lipinski definition) is 5. The van der Waals surface area contributed by atoms with E-state index in [0.29, 0.717) is 47.6 Å². The third-order valence-electron chi connectivity index (χ3n) is 5.26. The van der Waals surface area contributed by atoms with Crippen molar-refractivity contribution >= 4 is 17.4 Å². The molecule has 1 saturated heterocycles. The van der Waals surface area contributed by atoms with Crippen LogP contribution in [0.2, 0.25) is 0 Å². The summed E-state index contributed by atoms with van der Waals surface area (Å²) >= 11 is 0. The van der Waals surface area contributed by atoms with Crippen molar-refractivity contribution in [2.75, 3.05) is 23.8 Å². The number of nitrogens with one attached hydrogen (secondary N) is 4. The van der Waals surface area contributed by atoms with Crippen LogP contribution in [0, 0.1) is 5.82 Å². The van der Waals surface area contributed by atoms with Crippen LogP contribution in [-0.4, -0.2) is 40.5 Å². The van der Waals surface area contributed by atoms with Crippen LogP contribution in [0.15, 0.2) is 18.5 Å². The highest BCUT2D eigenvalue weighted by molar-refractivity contribution is 5.86. The van der Waals surface area contributed by atoms with Crippen molar-refractivity contribution in [2.45, 2.75) is 51.6 Å². The van der Waals surface area contributed by atoms with Gasteiger partial charge in [0.05, 0.1) is 17.5 Å². The highest BCUT2D eigenvalue weighted by Crippen LogP contribution is 2.45. The van der Waals surface area contributed by atoms with E-state index in [1.807, 2.05) is 6.92 Å². The molecule has 31 heavy (non-hydrogen) atoms. The van der Waals surface area contributed by atoms with Crippen molar-refractivity contribution in [3.8, 4) is 11.1 Å². The summed E-state index contributed by atoms with van der Waals surface area (Å²) in [5.74, 6) is -0.165. The van der Waals surface area contributed by atoms with Crippen molar-refractivity contribution in [1.29, 1.82) is 0 Å². The van der Waals surface area contributed by atoms with Crippen LogP contribution >= 0.6 is 0 Å². The number of hydrogen-bond acceptors (Lipinski definition) is 7. The van der Waals surface area contributed by atoms with Gasteiger partial charge in [-0.05, 0) is 39.7 Å². The van der Waals surface area contributed by atoms with Crippen LogP contribution in [0.5, 0.6) is 0 Å². The number of nitrogens with zero attached hydrogens (tertiary/aromatic N) is 2. The van der Waals surface area contributed by atoms with E-state index in [-0.39, 0.29) is 18.0 Å². The van der Waals surface area contributed by atoms with E-state index < -0.39 is 17.7 Å². The number of urea groups is 1. The molecule has 2 amide bonds. The van der Waals surface area contributed by atoms with E-state index in [4.69, 9.17) is 4.74 Å². The zero-order valence-corrected chi connectivity index (χ0v) is 17.8. The topological polar surface area (TPSA) is 120 Å². The van der Waals surface area contributed by atoms with Crippen LogP contribution in [0.25, 0.3) is 11.1 Å². The summed E-state index contributed by atoms with van der Waals surface area (Å²) in [5, 5.41) is 21.8. The molecule has 0 bridgehead atoms. The molecule has 1 fully saturated rings. The van der Waals surface area contributed by atoms with Gasteiger partial charge in [0.25, 0.3) is 0 Å². The highest BCUT2D eigenvalue weighted by Gasteiger charge is 2.33. The third kappa shape index (κ3) is 4.26. The lowest BCUT2D eigenvalue weighted by Crippen LogP contribution is -2.47. The van der Waals surface area contributed by atoms with Gasteiger partial charge in [0.15, 0.2) is 12.1 Å². The molecule has 0 spiro atoms. The number of aliphatic hydroxyl groups is 1. The van der Waals surface area contributed by atoms with Crippen LogP contribution in [0.1, 0.15) is 51.1 Å². The zero-order valence-electron chi connectivity index (χ0n) is 17.8. The maximum atomic E-state index is 15.8. The lowest BCUT2D eigenvalue weighted by molar-refractivity contribution is 0.0687. The largest absolute Gasteiger partial charge is 0.382 e. The molecule has 0 radical (unpaired) electrons. The molecule has 1 aromatic heterocycles. The molecule has 2 atom stereocenters. The summed E-state index contributed by atoms with van der Waals surface area (Å²) in [6.45, 7) is 6.06. The number of carbonyl (C=O) groups is 1. The fourth-order valence-corrected chi connectivity index (χ4v) is 3.80. The fourth-order valence-electron chi connectivity index (χ4n) is 3.80. The molecule has 4 rings (SSSR count). The van der Waals surface area contributed by atoms with E-state index in [1.165, 1.54) is 12.4 Å². The number of fused-ring (bicyclic) bond motifs is 1. The van der Waals surface area contributed by atoms with Gasteiger partial charge in [0.1, 0.15) is 11.4 Å². The Morgan fingerprint density at radius 2 is 2.10 bits per heavy atom. The number of carbonyl (C=O) groups excluding carboxylic acids is 1. The second-order valence-corrected chi connectivity index (χ2v) is 8.16. The zero-order chi connectivity index (χ0) is 22.2. The third-order valence-corrected chi connectivity index (χ3v) is 5.26. The minimum absolute atomic E-state index is 0.253. The molecular weight excluding hydrogens is 403 g/mol. The Morgan fingerprint density at radius 3 is 2.71 bits per heavy atom. The second kappa shape index (κ2) is 8.27. The minimum atomic E-state index is -1.19. The Kier molecular flexibility index (Phi) is 5.67. The fraction of sp³-hybridized carbons (Fsp3) is 0.476. The van der Waals surface area contributed by atoms with E-state index in [1.54, 1.807) is 19.9 Å². The van der Waals surface area contributed by atoms with Crippen LogP contribution in [-0.2, 0) is 10.3 Å². The number of halogens is 1. The predicted octanol–water partition coefficient (Wildman–Crippen LogP) is 2.80. The minimum Gasteiger partial charge on any atom is -0.382 e. The standard InChI is InChI=1S/C21H27FN6O3/c1-4-23-20(29)28-19-26-13-8-12(11-9-24-18(25-10-11)21(2,3)30)16(22)15(17(13)27-19)14-6-5-7-31-14/h8-10,14,19,26-27,30H,4-7H2,1-3H3,(H2,23,28,29)/t14-,19?/m1/s1. The summed E-state index contributed by atoms with van der Waals surface area (Å²) in [7, 11) is 0. The molecule has 5 N–H and O–H groups in total. The Balaban J connectivity index is 1.72. The van der Waals surface area contributed by atoms with Gasteiger partial charge in [-0.3, -0.25) is 0 Å². The Morgan fingerprint density at radius 1 is 1.35 bits per heavy atom. The first-order valence-electron chi connectivity index (χ1n) is 10.4. The van der Waals surface area contributed by atoms with Gasteiger partial charge < -0.3 is 31.1 Å². The number of ether oxygens (including phenoxy) is 1. The molecule has 1 unspecified atom stereocenters. The first-order valence-corrected chi connectivity index (χ1v) is 10.4. The Labute approximate surface area is 179 Å². The predicted molar refractivity (Wildman–Crippen MR) is 114 cm³/mol. The number of benzene rings is 1. The lowest BCUT2D eigenvalue weighted by Gasteiger charge is -2.19. The van der Waals surface area contributed by atoms with Gasteiger partial charge in [-0.1, -0.05) is 0 Å². The van der Waals surface area contributed by atoms with Gasteiger partial charge in [-0.2, -0.15) is 0 Å². The molecule has 0 aliphatic carbocycles. The molecule has 166 valence electrons. The number of aromatic nitrogens is 2. The van der Waals surface area contributed by atoms with Crippen molar-refractivity contribution < 1.29 is 19.0 Å². The summed E-state index contributed by atoms with van der Waals surface area (Å²) in [6.07, 6.45) is 3.57. The van der Waals surface area contributed by atoms with Crippen molar-refractivity contribution in [3.05, 3.63) is 35.7 Å². The van der Waals surface area contributed by atoms with Gasteiger partial charge in [-0.25, -0.2) is 19.2 Å². The highest BCUT2D eigenvalue weighted by atomic mass is 19.1. The van der Waals surface area contributed by atoms with Gasteiger partial charge in [0.2, 0.25) is 0 Å². The molecule has 2 aliphatic rings. The van der Waals surface area contributed by atoms with Crippen molar-refractivity contribution in [1.82, 2.24) is 20.6 Å². The van der Waals surface area contributed by atoms with Crippen molar-refractivity contribution in [3.63, 3.8) is 0 Å². The maximum absolute atomic E-state index is 15.8. The first kappa shape index (κ1) is 21.3. The van der Waals surface area contributed by atoms with Crippen molar-refractivity contribution in [2.24, 2.45) is 0 Å². The van der Waals surface area contributed by atoms with Gasteiger partial charge in [-0.15, -0.1) is 0 Å². The average molecular weight is 430 g/mol. The molecular formula is C21H27FN6O3. The maximum Gasteiger partial charge on any atom is 0.317 e. The summed E-state index contributed by atoms with van der Waals surface area (Å²) in [5.41, 5.74) is 1.25. The lowest BCUT2D eigenvalue weighted by atomic mass is 9.96. The number of rotatable bonds is 5. The quantitative estimate of drug-likeness (QED) is 0.495. The van der Waals surface area contributed by atoms with E-state index >= 15 is 4.39 Å².